The summed E-state index contributed by atoms with van der Waals surface area (Å²) in [5.74, 6) is 0. The Morgan fingerprint density at radius 3 is 1.61 bits per heavy atom. The normalized spacial score (nSPS) is 11.0. The molecular formula is C20H18N4O4. The van der Waals surface area contributed by atoms with Crippen molar-refractivity contribution in [3.8, 4) is 0 Å². The van der Waals surface area contributed by atoms with Crippen molar-refractivity contribution in [2.75, 3.05) is 13.2 Å². The fourth-order valence-corrected chi connectivity index (χ4v) is 2.87. The van der Waals surface area contributed by atoms with E-state index in [1.54, 1.807) is 0 Å². The first-order valence-electron chi connectivity index (χ1n) is 8.92. The van der Waals surface area contributed by atoms with Crippen LogP contribution in [0, 0.1) is 0 Å². The number of hydrogen-bond acceptors (Lipinski definition) is 6. The van der Waals surface area contributed by atoms with Crippen LogP contribution in [0.2, 0.25) is 0 Å². The summed E-state index contributed by atoms with van der Waals surface area (Å²) in [5.41, 5.74) is 2.87. The number of imidazole rings is 2. The van der Waals surface area contributed by atoms with Crippen LogP contribution < -0.4 is 0 Å². The highest BCUT2D eigenvalue weighted by Gasteiger charge is 2.12. The molecule has 0 aliphatic heterocycles. The minimum absolute atomic E-state index is 0.233. The van der Waals surface area contributed by atoms with Gasteiger partial charge in [0.2, 0.25) is 0 Å². The second kappa shape index (κ2) is 7.91. The molecule has 0 N–H and O–H groups in total. The number of hydrogen-bond donors (Lipinski definition) is 0. The summed E-state index contributed by atoms with van der Waals surface area (Å²) in [7, 11) is 0. The van der Waals surface area contributed by atoms with Crippen LogP contribution in [0.4, 0.5) is 9.59 Å². The first-order chi connectivity index (χ1) is 13.7. The molecule has 142 valence electrons. The van der Waals surface area contributed by atoms with Gasteiger partial charge in [0.15, 0.2) is 0 Å². The van der Waals surface area contributed by atoms with E-state index < -0.39 is 12.2 Å². The molecule has 2 aromatic heterocycles. The van der Waals surface area contributed by atoms with Gasteiger partial charge in [-0.1, -0.05) is 24.3 Å². The average Bonchev–Trinajstić information content (AvgIpc) is 3.34. The van der Waals surface area contributed by atoms with Crippen LogP contribution in [0.1, 0.15) is 12.8 Å². The van der Waals surface area contributed by atoms with Crippen molar-refractivity contribution in [3.63, 3.8) is 0 Å². The van der Waals surface area contributed by atoms with Crippen molar-refractivity contribution in [2.45, 2.75) is 12.8 Å². The lowest BCUT2D eigenvalue weighted by Crippen LogP contribution is -2.15. The second-order valence-electron chi connectivity index (χ2n) is 6.14. The van der Waals surface area contributed by atoms with E-state index in [4.69, 9.17) is 9.47 Å². The number of aromatic nitrogens is 4. The number of ether oxygens (including phenoxy) is 2. The van der Waals surface area contributed by atoms with E-state index in [0.29, 0.717) is 23.9 Å². The number of carbonyl (C=O) groups excluding carboxylic acids is 2. The highest BCUT2D eigenvalue weighted by Crippen LogP contribution is 2.13. The molecule has 0 bridgehead atoms. The third-order valence-corrected chi connectivity index (χ3v) is 4.29. The molecule has 8 heteroatoms. The van der Waals surface area contributed by atoms with Gasteiger partial charge in [-0.15, -0.1) is 0 Å². The van der Waals surface area contributed by atoms with Crippen molar-refractivity contribution in [1.82, 2.24) is 19.1 Å². The van der Waals surface area contributed by atoms with Gasteiger partial charge in [-0.2, -0.15) is 0 Å². The van der Waals surface area contributed by atoms with Crippen LogP contribution in [-0.4, -0.2) is 44.5 Å². The first-order valence-corrected chi connectivity index (χ1v) is 8.92. The minimum Gasteiger partial charge on any atom is -0.449 e. The number of nitrogens with zero attached hydrogens (tertiary/aromatic N) is 4. The molecule has 0 unspecified atom stereocenters. The van der Waals surface area contributed by atoms with Gasteiger partial charge in [-0.05, 0) is 37.1 Å². The fraction of sp³-hybridized carbons (Fsp3) is 0.200. The lowest BCUT2D eigenvalue weighted by Gasteiger charge is -2.07. The van der Waals surface area contributed by atoms with E-state index in [1.807, 2.05) is 48.5 Å². The quantitative estimate of drug-likeness (QED) is 0.490. The van der Waals surface area contributed by atoms with Crippen LogP contribution in [0.3, 0.4) is 0 Å². The lowest BCUT2D eigenvalue weighted by molar-refractivity contribution is 0.131. The predicted molar refractivity (Wildman–Crippen MR) is 102 cm³/mol. The smallest absolute Gasteiger partial charge is 0.419 e. The number of rotatable bonds is 5. The molecule has 0 amide bonds. The Morgan fingerprint density at radius 1 is 0.714 bits per heavy atom. The van der Waals surface area contributed by atoms with Crippen LogP contribution in [0.15, 0.2) is 61.2 Å². The Kier molecular flexibility index (Phi) is 5.01. The molecule has 2 heterocycles. The van der Waals surface area contributed by atoms with Crippen LogP contribution in [0.25, 0.3) is 22.1 Å². The third-order valence-electron chi connectivity index (χ3n) is 4.29. The van der Waals surface area contributed by atoms with Gasteiger partial charge in [-0.25, -0.2) is 28.7 Å². The van der Waals surface area contributed by atoms with Gasteiger partial charge >= 0.3 is 12.2 Å². The largest absolute Gasteiger partial charge is 0.449 e. The molecule has 0 spiro atoms. The molecule has 4 rings (SSSR count). The second-order valence-corrected chi connectivity index (χ2v) is 6.14. The summed E-state index contributed by atoms with van der Waals surface area (Å²) in [6, 6.07) is 14.7. The van der Waals surface area contributed by atoms with E-state index >= 15 is 0 Å². The van der Waals surface area contributed by atoms with Crippen LogP contribution >= 0.6 is 0 Å². The fourth-order valence-electron chi connectivity index (χ4n) is 2.87. The number of unbranched alkanes of at least 4 members (excludes halogenated alkanes) is 1. The molecule has 0 aliphatic carbocycles. The van der Waals surface area contributed by atoms with E-state index in [9.17, 15) is 9.59 Å². The Morgan fingerprint density at radius 2 is 1.14 bits per heavy atom. The lowest BCUT2D eigenvalue weighted by atomic mass is 10.3. The van der Waals surface area contributed by atoms with Gasteiger partial charge in [0, 0.05) is 0 Å². The molecule has 28 heavy (non-hydrogen) atoms. The number of fused-ring (bicyclic) bond motifs is 2. The van der Waals surface area contributed by atoms with Gasteiger partial charge in [-0.3, -0.25) is 0 Å². The Hall–Kier alpha value is -3.68. The average molecular weight is 378 g/mol. The third kappa shape index (κ3) is 3.57. The van der Waals surface area contributed by atoms with E-state index in [0.717, 1.165) is 11.0 Å². The van der Waals surface area contributed by atoms with Crippen LogP contribution in [0.5, 0.6) is 0 Å². The summed E-state index contributed by atoms with van der Waals surface area (Å²) >= 11 is 0. The minimum atomic E-state index is -0.476. The van der Waals surface area contributed by atoms with Crippen molar-refractivity contribution < 1.29 is 19.1 Å². The highest BCUT2D eigenvalue weighted by molar-refractivity contribution is 5.87. The van der Waals surface area contributed by atoms with Gasteiger partial charge in [0.1, 0.15) is 12.7 Å². The molecule has 2 aromatic carbocycles. The zero-order chi connectivity index (χ0) is 19.3. The molecule has 0 atom stereocenters. The van der Waals surface area contributed by atoms with E-state index in [1.165, 1.54) is 21.8 Å². The first kappa shape index (κ1) is 17.7. The highest BCUT2D eigenvalue weighted by atomic mass is 16.6. The Balaban J connectivity index is 1.21. The van der Waals surface area contributed by atoms with Crippen LogP contribution in [-0.2, 0) is 9.47 Å². The SMILES string of the molecule is O=C(OCCCCOC(=O)n1cnc2ccccc21)n1cnc2ccccc21. The predicted octanol–water partition coefficient (Wildman–Crippen LogP) is 3.84. The molecule has 0 saturated carbocycles. The molecule has 8 nitrogen and oxygen atoms in total. The maximum atomic E-state index is 12.1. The molecule has 4 aromatic rings. The summed E-state index contributed by atoms with van der Waals surface area (Å²) < 4.78 is 13.3. The summed E-state index contributed by atoms with van der Waals surface area (Å²) in [4.78, 5) is 32.6. The van der Waals surface area contributed by atoms with Crippen molar-refractivity contribution in [3.05, 3.63) is 61.2 Å². The Labute approximate surface area is 160 Å². The molecule has 0 radical (unpaired) electrons. The summed E-state index contributed by atoms with van der Waals surface area (Å²) in [5, 5.41) is 0. The van der Waals surface area contributed by atoms with Gasteiger partial charge < -0.3 is 9.47 Å². The standard InChI is InChI=1S/C20H18N4O4/c25-19(23-13-21-15-7-1-3-9-17(15)23)27-11-5-6-12-28-20(26)24-14-22-16-8-2-4-10-18(16)24/h1-4,7-10,13-14H,5-6,11-12H2. The van der Waals surface area contributed by atoms with Gasteiger partial charge in [0.05, 0.1) is 35.3 Å². The molecule has 0 fully saturated rings. The molecule has 0 saturated heterocycles. The number of carbonyl (C=O) groups is 2. The Bertz CT molecular complexity index is 1040. The zero-order valence-electron chi connectivity index (χ0n) is 15.0. The van der Waals surface area contributed by atoms with E-state index in [-0.39, 0.29) is 13.2 Å². The van der Waals surface area contributed by atoms with E-state index in [2.05, 4.69) is 9.97 Å². The maximum absolute atomic E-state index is 12.1. The van der Waals surface area contributed by atoms with Gasteiger partial charge in [0.25, 0.3) is 0 Å². The number of benzene rings is 2. The molecule has 0 aliphatic rings. The number of para-hydroxylation sites is 4. The molecular weight excluding hydrogens is 360 g/mol. The van der Waals surface area contributed by atoms with Crippen molar-refractivity contribution in [1.29, 1.82) is 0 Å². The maximum Gasteiger partial charge on any atom is 0.419 e. The van der Waals surface area contributed by atoms with Crippen molar-refractivity contribution in [2.24, 2.45) is 0 Å². The summed E-state index contributed by atoms with van der Waals surface area (Å²) in [6.07, 6.45) is 3.10. The topological polar surface area (TPSA) is 88.2 Å². The summed E-state index contributed by atoms with van der Waals surface area (Å²) in [6.45, 7) is 0.466. The zero-order valence-corrected chi connectivity index (χ0v) is 15.0. The van der Waals surface area contributed by atoms with Crippen molar-refractivity contribution >= 4 is 34.3 Å². The monoisotopic (exact) mass is 378 g/mol.